The van der Waals surface area contributed by atoms with Gasteiger partial charge in [-0.05, 0) is 0 Å². The number of hydrogen-bond acceptors (Lipinski definition) is 5. The van der Waals surface area contributed by atoms with Gasteiger partial charge < -0.3 is 10.2 Å². The van der Waals surface area contributed by atoms with Gasteiger partial charge >= 0.3 is 0 Å². The molecular weight excluding hydrogens is 234 g/mol. The number of amides is 1. The summed E-state index contributed by atoms with van der Waals surface area (Å²) in [6.07, 6.45) is 1.93. The summed E-state index contributed by atoms with van der Waals surface area (Å²) < 4.78 is 1.48. The summed E-state index contributed by atoms with van der Waals surface area (Å²) in [5.41, 5.74) is 0.357. The van der Waals surface area contributed by atoms with Crippen LogP contribution in [0.4, 0.5) is 5.82 Å². The van der Waals surface area contributed by atoms with E-state index in [1.807, 2.05) is 0 Å². The highest BCUT2D eigenvalue weighted by molar-refractivity contribution is 6.43. The minimum Gasteiger partial charge on any atom is -0.391 e. The summed E-state index contributed by atoms with van der Waals surface area (Å²) in [7, 11) is 1.70. The van der Waals surface area contributed by atoms with Crippen molar-refractivity contribution >= 4 is 17.4 Å². The molecule has 0 spiro atoms. The van der Waals surface area contributed by atoms with E-state index in [1.54, 1.807) is 7.05 Å². The molecule has 1 aromatic rings. The summed E-state index contributed by atoms with van der Waals surface area (Å²) in [4.78, 5) is 17.2. The molecule has 0 saturated carbocycles. The summed E-state index contributed by atoms with van der Waals surface area (Å²) in [5, 5.41) is 14.0. The van der Waals surface area contributed by atoms with Crippen LogP contribution < -0.4 is 5.32 Å². The molecule has 1 aliphatic rings. The number of carbonyl (C=O) groups excluding carboxylic acids is 1. The molecule has 0 fully saturated rings. The lowest BCUT2D eigenvalue weighted by Crippen LogP contribution is -2.29. The number of nitrogens with one attached hydrogen (secondary N) is 1. The van der Waals surface area contributed by atoms with Crippen molar-refractivity contribution in [3.05, 3.63) is 6.20 Å². The van der Waals surface area contributed by atoms with Gasteiger partial charge in [0.1, 0.15) is 11.8 Å². The van der Waals surface area contributed by atoms with Crippen LogP contribution in [-0.2, 0) is 16.7 Å². The molecule has 1 amide bonds. The molecule has 2 heterocycles. The molecular formula is C11H17N5O2. The average Bonchev–Trinajstić information content (AvgIpc) is 2.87. The second kappa shape index (κ2) is 4.40. The molecule has 1 N–H and O–H groups in total. The maximum absolute atomic E-state index is 11.9. The molecule has 1 aliphatic heterocycles. The zero-order valence-electron chi connectivity index (χ0n) is 11.0. The number of oxime groups is 1. The van der Waals surface area contributed by atoms with Gasteiger partial charge in [0.05, 0.1) is 6.20 Å². The van der Waals surface area contributed by atoms with E-state index in [2.05, 4.69) is 41.6 Å². The van der Waals surface area contributed by atoms with Crippen molar-refractivity contribution in [2.24, 2.45) is 17.6 Å². The van der Waals surface area contributed by atoms with Gasteiger partial charge in [0.15, 0.2) is 5.82 Å². The third-order valence-corrected chi connectivity index (χ3v) is 2.85. The first-order valence-electron chi connectivity index (χ1n) is 5.76. The Bertz CT molecular complexity index is 486. The van der Waals surface area contributed by atoms with Gasteiger partial charge in [-0.3, -0.25) is 4.79 Å². The standard InChI is InChI=1S/C11H17N5O2/c1-11(2,3)8-5-7(14-18-8)10(17)13-9-6-12-15-16(9)4/h6,8H,5H2,1-4H3,(H,13,17). The first-order valence-corrected chi connectivity index (χ1v) is 5.76. The molecule has 0 bridgehead atoms. The molecule has 0 aliphatic carbocycles. The number of nitrogens with zero attached hydrogens (tertiary/aromatic N) is 4. The molecule has 7 heteroatoms. The van der Waals surface area contributed by atoms with Crippen LogP contribution in [0.1, 0.15) is 27.2 Å². The molecule has 1 aromatic heterocycles. The Balaban J connectivity index is 1.98. The fraction of sp³-hybridized carbons (Fsp3) is 0.636. The monoisotopic (exact) mass is 251 g/mol. The lowest BCUT2D eigenvalue weighted by Gasteiger charge is -2.23. The molecule has 98 valence electrons. The van der Waals surface area contributed by atoms with Crippen molar-refractivity contribution in [2.45, 2.75) is 33.3 Å². The van der Waals surface area contributed by atoms with E-state index in [-0.39, 0.29) is 17.4 Å². The van der Waals surface area contributed by atoms with Gasteiger partial charge in [0.2, 0.25) is 0 Å². The summed E-state index contributed by atoms with van der Waals surface area (Å²) >= 11 is 0. The predicted molar refractivity (Wildman–Crippen MR) is 66.0 cm³/mol. The van der Waals surface area contributed by atoms with E-state index >= 15 is 0 Å². The van der Waals surface area contributed by atoms with Crippen LogP contribution in [0.3, 0.4) is 0 Å². The van der Waals surface area contributed by atoms with E-state index in [0.717, 1.165) is 0 Å². The van der Waals surface area contributed by atoms with Gasteiger partial charge in [0.25, 0.3) is 5.91 Å². The van der Waals surface area contributed by atoms with Crippen molar-refractivity contribution < 1.29 is 9.63 Å². The SMILES string of the molecule is Cn1nncc1NC(=O)C1=NOC(C(C)(C)C)C1. The number of rotatable bonds is 2. The highest BCUT2D eigenvalue weighted by Gasteiger charge is 2.35. The zero-order chi connectivity index (χ0) is 13.3. The Morgan fingerprint density at radius 2 is 2.28 bits per heavy atom. The van der Waals surface area contributed by atoms with Crippen LogP contribution in [0, 0.1) is 5.41 Å². The lowest BCUT2D eigenvalue weighted by atomic mass is 9.86. The first kappa shape index (κ1) is 12.5. The summed E-state index contributed by atoms with van der Waals surface area (Å²) in [6.45, 7) is 6.16. The van der Waals surface area contributed by atoms with Crippen LogP contribution >= 0.6 is 0 Å². The normalized spacial score (nSPS) is 19.3. The van der Waals surface area contributed by atoms with Crippen LogP contribution in [-0.4, -0.2) is 32.7 Å². The van der Waals surface area contributed by atoms with Gasteiger partial charge in [-0.2, -0.15) is 0 Å². The Hall–Kier alpha value is -1.92. The summed E-state index contributed by atoms with van der Waals surface area (Å²) in [6, 6.07) is 0. The zero-order valence-corrected chi connectivity index (χ0v) is 11.0. The third-order valence-electron chi connectivity index (χ3n) is 2.85. The fourth-order valence-electron chi connectivity index (χ4n) is 1.57. The topological polar surface area (TPSA) is 81.4 Å². The van der Waals surface area contributed by atoms with Crippen molar-refractivity contribution in [3.63, 3.8) is 0 Å². The lowest BCUT2D eigenvalue weighted by molar-refractivity contribution is -0.110. The molecule has 2 rings (SSSR count). The van der Waals surface area contributed by atoms with Crippen LogP contribution in [0.2, 0.25) is 0 Å². The van der Waals surface area contributed by atoms with Gasteiger partial charge in [-0.15, -0.1) is 5.10 Å². The molecule has 0 radical (unpaired) electrons. The minimum absolute atomic E-state index is 0.0420. The van der Waals surface area contributed by atoms with E-state index in [9.17, 15) is 4.79 Å². The molecule has 1 atom stereocenters. The molecule has 0 aromatic carbocycles. The van der Waals surface area contributed by atoms with Crippen molar-refractivity contribution in [3.8, 4) is 0 Å². The van der Waals surface area contributed by atoms with Crippen molar-refractivity contribution in [1.29, 1.82) is 0 Å². The fourth-order valence-corrected chi connectivity index (χ4v) is 1.57. The summed E-state index contributed by atoms with van der Waals surface area (Å²) in [5.74, 6) is 0.258. The Labute approximate surface area is 105 Å². The molecule has 18 heavy (non-hydrogen) atoms. The van der Waals surface area contributed by atoms with Gasteiger partial charge in [-0.25, -0.2) is 4.68 Å². The van der Waals surface area contributed by atoms with Crippen molar-refractivity contribution in [2.75, 3.05) is 5.32 Å². The molecule has 1 unspecified atom stereocenters. The average molecular weight is 251 g/mol. The minimum atomic E-state index is -0.271. The number of carbonyl (C=O) groups is 1. The van der Waals surface area contributed by atoms with Crippen molar-refractivity contribution in [1.82, 2.24) is 15.0 Å². The second-order valence-electron chi connectivity index (χ2n) is 5.40. The quantitative estimate of drug-likeness (QED) is 0.848. The predicted octanol–water partition coefficient (Wildman–Crippen LogP) is 0.945. The molecule has 7 nitrogen and oxygen atoms in total. The maximum Gasteiger partial charge on any atom is 0.274 e. The van der Waals surface area contributed by atoms with E-state index < -0.39 is 0 Å². The van der Waals surface area contributed by atoms with Crippen LogP contribution in [0.15, 0.2) is 11.4 Å². The van der Waals surface area contributed by atoms with Crippen LogP contribution in [0.5, 0.6) is 0 Å². The van der Waals surface area contributed by atoms with Crippen LogP contribution in [0.25, 0.3) is 0 Å². The number of aryl methyl sites for hydroxylation is 1. The smallest absolute Gasteiger partial charge is 0.274 e. The Morgan fingerprint density at radius 1 is 1.56 bits per heavy atom. The largest absolute Gasteiger partial charge is 0.391 e. The highest BCUT2D eigenvalue weighted by Crippen LogP contribution is 2.29. The number of aromatic nitrogens is 3. The first-order chi connectivity index (χ1) is 8.38. The van der Waals surface area contributed by atoms with E-state index in [0.29, 0.717) is 18.0 Å². The Morgan fingerprint density at radius 3 is 2.78 bits per heavy atom. The number of anilines is 1. The third kappa shape index (κ3) is 2.49. The van der Waals surface area contributed by atoms with E-state index in [1.165, 1.54) is 10.9 Å². The second-order valence-corrected chi connectivity index (χ2v) is 5.40. The highest BCUT2D eigenvalue weighted by atomic mass is 16.6. The number of hydrogen-bond donors (Lipinski definition) is 1. The van der Waals surface area contributed by atoms with E-state index in [4.69, 9.17) is 4.84 Å². The van der Waals surface area contributed by atoms with Gasteiger partial charge in [0, 0.05) is 18.9 Å². The Kier molecular flexibility index (Phi) is 3.06. The molecule has 0 saturated heterocycles. The maximum atomic E-state index is 11.9. The van der Waals surface area contributed by atoms with Gasteiger partial charge in [-0.1, -0.05) is 31.1 Å².